The van der Waals surface area contributed by atoms with Gasteiger partial charge in [0.1, 0.15) is 11.6 Å². The normalized spacial score (nSPS) is 10.6. The molecule has 2 aromatic carbocycles. The van der Waals surface area contributed by atoms with E-state index in [0.29, 0.717) is 17.0 Å². The van der Waals surface area contributed by atoms with Crippen molar-refractivity contribution in [2.75, 3.05) is 7.11 Å². The molecule has 1 heterocycles. The standard InChI is InChI=1S/C17H12FNO3/c1-22-12-4-2-3-10(7-12)16-9-14(17(20)21)13-8-11(18)5-6-15(13)19-16/h2-9H,1H3,(H,20,21). The zero-order chi connectivity index (χ0) is 15.7. The highest BCUT2D eigenvalue weighted by Crippen LogP contribution is 2.27. The van der Waals surface area contributed by atoms with Crippen molar-refractivity contribution >= 4 is 16.9 Å². The van der Waals surface area contributed by atoms with E-state index in [0.717, 1.165) is 5.56 Å². The molecule has 0 aliphatic heterocycles. The summed E-state index contributed by atoms with van der Waals surface area (Å²) in [6.45, 7) is 0. The fourth-order valence-electron chi connectivity index (χ4n) is 2.31. The first-order chi connectivity index (χ1) is 10.6. The van der Waals surface area contributed by atoms with Gasteiger partial charge in [-0.1, -0.05) is 12.1 Å². The third-order valence-electron chi connectivity index (χ3n) is 3.37. The molecule has 0 amide bonds. The second kappa shape index (κ2) is 5.44. The van der Waals surface area contributed by atoms with Gasteiger partial charge in [-0.2, -0.15) is 0 Å². The molecular formula is C17H12FNO3. The maximum atomic E-state index is 13.4. The number of carbonyl (C=O) groups is 1. The van der Waals surface area contributed by atoms with Crippen LogP contribution in [-0.2, 0) is 0 Å². The molecule has 0 aliphatic rings. The van der Waals surface area contributed by atoms with Crippen LogP contribution < -0.4 is 4.74 Å². The molecular weight excluding hydrogens is 285 g/mol. The molecule has 0 saturated carbocycles. The minimum atomic E-state index is -1.12. The number of aromatic carboxylic acids is 1. The van der Waals surface area contributed by atoms with E-state index in [1.54, 1.807) is 25.3 Å². The van der Waals surface area contributed by atoms with Gasteiger partial charge in [0.2, 0.25) is 0 Å². The lowest BCUT2D eigenvalue weighted by atomic mass is 10.0. The monoisotopic (exact) mass is 297 g/mol. The SMILES string of the molecule is COc1cccc(-c2cc(C(=O)O)c3cc(F)ccc3n2)c1. The Labute approximate surface area is 125 Å². The molecule has 4 nitrogen and oxygen atoms in total. The molecule has 1 N–H and O–H groups in total. The number of ether oxygens (including phenoxy) is 1. The van der Waals surface area contributed by atoms with Crippen molar-refractivity contribution in [1.29, 1.82) is 0 Å². The quantitative estimate of drug-likeness (QED) is 0.800. The van der Waals surface area contributed by atoms with Crippen LogP contribution in [0.15, 0.2) is 48.5 Å². The molecule has 1 aromatic heterocycles. The minimum Gasteiger partial charge on any atom is -0.497 e. The van der Waals surface area contributed by atoms with Crippen molar-refractivity contribution in [3.05, 3.63) is 59.9 Å². The smallest absolute Gasteiger partial charge is 0.336 e. The lowest BCUT2D eigenvalue weighted by molar-refractivity contribution is 0.0699. The number of nitrogens with zero attached hydrogens (tertiary/aromatic N) is 1. The number of rotatable bonds is 3. The Hall–Kier alpha value is -2.95. The maximum Gasteiger partial charge on any atom is 0.336 e. The van der Waals surface area contributed by atoms with Gasteiger partial charge in [0, 0.05) is 10.9 Å². The van der Waals surface area contributed by atoms with Crippen LogP contribution in [0.25, 0.3) is 22.2 Å². The van der Waals surface area contributed by atoms with Gasteiger partial charge in [0.05, 0.1) is 23.9 Å². The molecule has 110 valence electrons. The Morgan fingerprint density at radius 1 is 1.18 bits per heavy atom. The van der Waals surface area contributed by atoms with Gasteiger partial charge in [0.25, 0.3) is 0 Å². The van der Waals surface area contributed by atoms with E-state index in [4.69, 9.17) is 4.74 Å². The molecule has 0 atom stereocenters. The van der Waals surface area contributed by atoms with Gasteiger partial charge in [0.15, 0.2) is 0 Å². The Morgan fingerprint density at radius 2 is 2.00 bits per heavy atom. The zero-order valence-corrected chi connectivity index (χ0v) is 11.7. The Bertz CT molecular complexity index is 877. The summed E-state index contributed by atoms with van der Waals surface area (Å²) in [6, 6.07) is 12.5. The molecule has 3 rings (SSSR count). The first-order valence-electron chi connectivity index (χ1n) is 6.56. The van der Waals surface area contributed by atoms with E-state index < -0.39 is 11.8 Å². The minimum absolute atomic E-state index is 0.0160. The number of hydrogen-bond donors (Lipinski definition) is 1. The van der Waals surface area contributed by atoms with Crippen LogP contribution in [-0.4, -0.2) is 23.2 Å². The van der Waals surface area contributed by atoms with Crippen LogP contribution in [0.5, 0.6) is 5.75 Å². The number of halogens is 1. The van der Waals surface area contributed by atoms with Gasteiger partial charge in [-0.05, 0) is 36.4 Å². The molecule has 0 aliphatic carbocycles. The Kier molecular flexibility index (Phi) is 3.47. The van der Waals surface area contributed by atoms with E-state index in [9.17, 15) is 14.3 Å². The number of methoxy groups -OCH3 is 1. The lowest BCUT2D eigenvalue weighted by Crippen LogP contribution is -2.00. The van der Waals surface area contributed by atoms with Crippen molar-refractivity contribution in [3.63, 3.8) is 0 Å². The molecule has 0 saturated heterocycles. The fourth-order valence-corrected chi connectivity index (χ4v) is 2.31. The van der Waals surface area contributed by atoms with Crippen LogP contribution in [0.4, 0.5) is 4.39 Å². The van der Waals surface area contributed by atoms with Crippen LogP contribution in [0, 0.1) is 5.82 Å². The number of benzene rings is 2. The molecule has 0 radical (unpaired) electrons. The lowest BCUT2D eigenvalue weighted by Gasteiger charge is -2.08. The Morgan fingerprint density at radius 3 is 2.73 bits per heavy atom. The van der Waals surface area contributed by atoms with E-state index in [1.165, 1.54) is 24.3 Å². The zero-order valence-electron chi connectivity index (χ0n) is 11.7. The molecule has 3 aromatic rings. The Balaban J connectivity index is 2.26. The molecule has 0 fully saturated rings. The number of hydrogen-bond acceptors (Lipinski definition) is 3. The maximum absolute atomic E-state index is 13.4. The first kappa shape index (κ1) is 14.0. The highest BCUT2D eigenvalue weighted by molar-refractivity contribution is 6.03. The molecule has 0 unspecified atom stereocenters. The van der Waals surface area contributed by atoms with Crippen LogP contribution in [0.3, 0.4) is 0 Å². The number of aromatic nitrogens is 1. The summed E-state index contributed by atoms with van der Waals surface area (Å²) in [5, 5.41) is 9.65. The fraction of sp³-hybridized carbons (Fsp3) is 0.0588. The average Bonchev–Trinajstić information content (AvgIpc) is 2.53. The van der Waals surface area contributed by atoms with Crippen molar-refractivity contribution in [2.45, 2.75) is 0 Å². The van der Waals surface area contributed by atoms with Crippen molar-refractivity contribution in [3.8, 4) is 17.0 Å². The number of carboxylic acid groups (broad SMARTS) is 1. The first-order valence-corrected chi connectivity index (χ1v) is 6.56. The average molecular weight is 297 g/mol. The van der Waals surface area contributed by atoms with Gasteiger partial charge < -0.3 is 9.84 Å². The van der Waals surface area contributed by atoms with E-state index in [-0.39, 0.29) is 10.9 Å². The third kappa shape index (κ3) is 2.48. The molecule has 22 heavy (non-hydrogen) atoms. The largest absolute Gasteiger partial charge is 0.497 e. The number of fused-ring (bicyclic) bond motifs is 1. The number of carboxylic acids is 1. The molecule has 0 spiro atoms. The van der Waals surface area contributed by atoms with Crippen LogP contribution >= 0.6 is 0 Å². The second-order valence-corrected chi connectivity index (χ2v) is 4.75. The second-order valence-electron chi connectivity index (χ2n) is 4.75. The van der Waals surface area contributed by atoms with E-state index >= 15 is 0 Å². The summed E-state index contributed by atoms with van der Waals surface area (Å²) in [4.78, 5) is 15.9. The van der Waals surface area contributed by atoms with Crippen LogP contribution in [0.2, 0.25) is 0 Å². The van der Waals surface area contributed by atoms with Crippen molar-refractivity contribution < 1.29 is 19.0 Å². The van der Waals surface area contributed by atoms with Gasteiger partial charge in [-0.25, -0.2) is 14.2 Å². The highest BCUT2D eigenvalue weighted by atomic mass is 19.1. The predicted molar refractivity (Wildman–Crippen MR) is 80.6 cm³/mol. The summed E-state index contributed by atoms with van der Waals surface area (Å²) in [5.41, 5.74) is 1.67. The van der Waals surface area contributed by atoms with E-state index in [1.807, 2.05) is 6.07 Å². The topological polar surface area (TPSA) is 59.4 Å². The number of pyridine rings is 1. The summed E-state index contributed by atoms with van der Waals surface area (Å²) >= 11 is 0. The summed E-state index contributed by atoms with van der Waals surface area (Å²) in [7, 11) is 1.55. The molecule has 5 heteroatoms. The van der Waals surface area contributed by atoms with Crippen LogP contribution in [0.1, 0.15) is 10.4 Å². The van der Waals surface area contributed by atoms with Crippen molar-refractivity contribution in [1.82, 2.24) is 4.98 Å². The summed E-state index contributed by atoms with van der Waals surface area (Å²) < 4.78 is 18.5. The third-order valence-corrected chi connectivity index (χ3v) is 3.37. The van der Waals surface area contributed by atoms with E-state index in [2.05, 4.69) is 4.98 Å². The summed E-state index contributed by atoms with van der Waals surface area (Å²) in [5.74, 6) is -0.969. The van der Waals surface area contributed by atoms with Gasteiger partial charge in [-0.3, -0.25) is 0 Å². The summed E-state index contributed by atoms with van der Waals surface area (Å²) in [6.07, 6.45) is 0. The predicted octanol–water partition coefficient (Wildman–Crippen LogP) is 3.75. The van der Waals surface area contributed by atoms with Gasteiger partial charge in [-0.15, -0.1) is 0 Å². The van der Waals surface area contributed by atoms with Gasteiger partial charge >= 0.3 is 5.97 Å². The molecule has 0 bridgehead atoms. The van der Waals surface area contributed by atoms with Crippen molar-refractivity contribution in [2.24, 2.45) is 0 Å². The highest BCUT2D eigenvalue weighted by Gasteiger charge is 2.14.